The number of hydrogen-bond donors (Lipinski definition) is 0. The van der Waals surface area contributed by atoms with E-state index in [4.69, 9.17) is 18.9 Å². The van der Waals surface area contributed by atoms with E-state index in [1.54, 1.807) is 33.4 Å². The molecule has 7 nitrogen and oxygen atoms in total. The van der Waals surface area contributed by atoms with Crippen LogP contribution in [0.4, 0.5) is 0 Å². The number of benzene rings is 1. The Kier molecular flexibility index (Phi) is 6.52. The fourth-order valence-corrected chi connectivity index (χ4v) is 5.39. The number of rotatable bonds is 8. The highest BCUT2D eigenvalue weighted by atomic mass is 16.5. The minimum absolute atomic E-state index is 0.00246. The Balaban J connectivity index is 1.86. The van der Waals surface area contributed by atoms with Crippen LogP contribution in [0.1, 0.15) is 67.9 Å². The van der Waals surface area contributed by atoms with E-state index in [1.807, 2.05) is 6.07 Å². The average Bonchev–Trinajstić information content (AvgIpc) is 3.11. The van der Waals surface area contributed by atoms with Crippen LogP contribution < -0.4 is 14.9 Å². The molecule has 2 atom stereocenters. The van der Waals surface area contributed by atoms with Crippen molar-refractivity contribution in [2.24, 2.45) is 5.41 Å². The summed E-state index contributed by atoms with van der Waals surface area (Å²) < 4.78 is 24.1. The van der Waals surface area contributed by atoms with E-state index < -0.39 is 5.97 Å². The largest absolute Gasteiger partial charge is 0.493 e. The lowest BCUT2D eigenvalue weighted by atomic mass is 9.77. The van der Waals surface area contributed by atoms with Gasteiger partial charge in [0.2, 0.25) is 0 Å². The smallest absolute Gasteiger partial charge is 0.343 e. The summed E-state index contributed by atoms with van der Waals surface area (Å²) in [7, 11) is 3.29. The number of carbonyl (C=O) groups is 1. The number of esters is 1. The molecule has 4 rings (SSSR count). The Morgan fingerprint density at radius 3 is 2.64 bits per heavy atom. The van der Waals surface area contributed by atoms with E-state index in [-0.39, 0.29) is 35.0 Å². The van der Waals surface area contributed by atoms with Crippen LogP contribution in [-0.4, -0.2) is 44.6 Å². The normalized spacial score (nSPS) is 19.9. The second-order valence-corrected chi connectivity index (χ2v) is 9.43. The van der Waals surface area contributed by atoms with Crippen LogP contribution in [0.25, 0.3) is 11.3 Å². The number of hydrogen-bond acceptors (Lipinski definition) is 6. The predicted octanol–water partition coefficient (Wildman–Crippen LogP) is 4.57. The molecule has 0 spiro atoms. The van der Waals surface area contributed by atoms with Crippen LogP contribution in [0.2, 0.25) is 0 Å². The molecule has 178 valence electrons. The van der Waals surface area contributed by atoms with E-state index in [1.165, 1.54) is 0 Å². The Bertz CT molecular complexity index is 1100. The monoisotopic (exact) mass is 455 g/mol. The highest BCUT2D eigenvalue weighted by Crippen LogP contribution is 2.59. The molecule has 2 aliphatic rings. The second-order valence-electron chi connectivity index (χ2n) is 9.43. The molecule has 1 saturated carbocycles. The first kappa shape index (κ1) is 23.4. The van der Waals surface area contributed by atoms with Gasteiger partial charge in [-0.2, -0.15) is 0 Å². The third-order valence-corrected chi connectivity index (χ3v) is 6.92. The van der Waals surface area contributed by atoms with Crippen LogP contribution in [0.3, 0.4) is 0 Å². The highest BCUT2D eigenvalue weighted by Gasteiger charge is 2.47. The fourth-order valence-electron chi connectivity index (χ4n) is 5.39. The van der Waals surface area contributed by atoms with Gasteiger partial charge in [-0.3, -0.25) is 4.79 Å². The standard InChI is InChI=1S/C26H33NO6/c1-6-32-25(29)19-15-27-20(14-21(19)28)18-13-22(31-5)23(33-11-7-10-30-4)12-17(18)16-8-9-26(2,3)24(16)27/h12-16,24H,6-11H2,1-5H3/t16-,24+/m0/s1. The molecule has 1 aliphatic heterocycles. The van der Waals surface area contributed by atoms with E-state index in [0.717, 1.165) is 36.1 Å². The molecule has 1 aliphatic carbocycles. The van der Waals surface area contributed by atoms with Gasteiger partial charge in [0, 0.05) is 49.9 Å². The van der Waals surface area contributed by atoms with Gasteiger partial charge in [0.1, 0.15) is 5.56 Å². The average molecular weight is 456 g/mol. The predicted molar refractivity (Wildman–Crippen MR) is 125 cm³/mol. The minimum Gasteiger partial charge on any atom is -0.493 e. The molecule has 0 saturated heterocycles. The number of ether oxygens (including phenoxy) is 4. The molecule has 1 aromatic heterocycles. The molecule has 0 N–H and O–H groups in total. The topological polar surface area (TPSA) is 76.0 Å². The molecule has 33 heavy (non-hydrogen) atoms. The first-order valence-electron chi connectivity index (χ1n) is 11.6. The molecule has 2 aromatic rings. The summed E-state index contributed by atoms with van der Waals surface area (Å²) >= 11 is 0. The summed E-state index contributed by atoms with van der Waals surface area (Å²) in [5, 5.41) is 0. The summed E-state index contributed by atoms with van der Waals surface area (Å²) in [5.41, 5.74) is 2.65. The molecule has 0 unspecified atom stereocenters. The minimum atomic E-state index is -0.576. The van der Waals surface area contributed by atoms with Crippen molar-refractivity contribution in [1.29, 1.82) is 0 Å². The van der Waals surface area contributed by atoms with Crippen molar-refractivity contribution >= 4 is 5.97 Å². The van der Waals surface area contributed by atoms with E-state index in [2.05, 4.69) is 24.5 Å². The van der Waals surface area contributed by atoms with Gasteiger partial charge in [-0.15, -0.1) is 0 Å². The molecular formula is C26H33NO6. The zero-order valence-electron chi connectivity index (χ0n) is 20.1. The first-order chi connectivity index (χ1) is 15.8. The summed E-state index contributed by atoms with van der Waals surface area (Å²) in [6.07, 6.45) is 4.54. The van der Waals surface area contributed by atoms with Crippen LogP contribution in [-0.2, 0) is 9.47 Å². The van der Waals surface area contributed by atoms with Crippen molar-refractivity contribution < 1.29 is 23.7 Å². The van der Waals surface area contributed by atoms with Crippen molar-refractivity contribution in [1.82, 2.24) is 4.57 Å². The number of pyridine rings is 1. The van der Waals surface area contributed by atoms with Gasteiger partial charge in [-0.25, -0.2) is 4.79 Å². The molecule has 2 heterocycles. The quantitative estimate of drug-likeness (QED) is 0.429. The van der Waals surface area contributed by atoms with Gasteiger partial charge in [-0.05, 0) is 42.9 Å². The third-order valence-electron chi connectivity index (χ3n) is 6.92. The van der Waals surface area contributed by atoms with Crippen molar-refractivity contribution in [2.75, 3.05) is 34.0 Å². The maximum Gasteiger partial charge on any atom is 0.343 e. The fraction of sp³-hybridized carbons (Fsp3) is 0.538. The summed E-state index contributed by atoms with van der Waals surface area (Å²) in [5.74, 6) is 0.991. The number of carbonyl (C=O) groups excluding carboxylic acids is 1. The Labute approximate surface area is 194 Å². The lowest BCUT2D eigenvalue weighted by molar-refractivity contribution is 0.0523. The summed E-state index contributed by atoms with van der Waals surface area (Å²) in [4.78, 5) is 25.4. The molecule has 1 aromatic carbocycles. The van der Waals surface area contributed by atoms with E-state index >= 15 is 0 Å². The maximum absolute atomic E-state index is 12.9. The van der Waals surface area contributed by atoms with Gasteiger partial charge in [0.05, 0.1) is 26.0 Å². The molecule has 0 radical (unpaired) electrons. The molecule has 1 fully saturated rings. The third kappa shape index (κ3) is 4.14. The molecule has 0 amide bonds. The number of methoxy groups -OCH3 is 2. The highest BCUT2D eigenvalue weighted by molar-refractivity contribution is 5.89. The zero-order chi connectivity index (χ0) is 23.8. The SMILES string of the molecule is CCOC(=O)c1cn2c(cc1=O)-c1cc(OC)c(OCCCOC)cc1[C@@H]1CCC(C)(C)[C@@H]12. The van der Waals surface area contributed by atoms with Crippen molar-refractivity contribution in [2.45, 2.75) is 52.0 Å². The molecular weight excluding hydrogens is 422 g/mol. The van der Waals surface area contributed by atoms with Gasteiger partial charge < -0.3 is 23.5 Å². The van der Waals surface area contributed by atoms with Crippen molar-refractivity contribution in [3.8, 4) is 22.8 Å². The van der Waals surface area contributed by atoms with Crippen LogP contribution in [0.5, 0.6) is 11.5 Å². The molecule has 7 heteroatoms. The van der Waals surface area contributed by atoms with Crippen LogP contribution in [0, 0.1) is 5.41 Å². The number of nitrogens with zero attached hydrogens (tertiary/aromatic N) is 1. The second kappa shape index (κ2) is 9.21. The first-order valence-corrected chi connectivity index (χ1v) is 11.6. The summed E-state index contributed by atoms with van der Waals surface area (Å²) in [6.45, 7) is 7.62. The van der Waals surface area contributed by atoms with Crippen molar-refractivity contribution in [3.63, 3.8) is 0 Å². The van der Waals surface area contributed by atoms with Gasteiger partial charge >= 0.3 is 5.97 Å². The zero-order valence-corrected chi connectivity index (χ0v) is 20.1. The Morgan fingerprint density at radius 1 is 1.15 bits per heavy atom. The lowest BCUT2D eigenvalue weighted by Crippen LogP contribution is -2.32. The van der Waals surface area contributed by atoms with Gasteiger partial charge in [0.25, 0.3) is 0 Å². The Hall–Kier alpha value is -2.80. The van der Waals surface area contributed by atoms with E-state index in [9.17, 15) is 9.59 Å². The van der Waals surface area contributed by atoms with Crippen LogP contribution in [0.15, 0.2) is 29.2 Å². The van der Waals surface area contributed by atoms with Crippen LogP contribution >= 0.6 is 0 Å². The summed E-state index contributed by atoms with van der Waals surface area (Å²) in [6, 6.07) is 5.71. The Morgan fingerprint density at radius 2 is 1.94 bits per heavy atom. The molecule has 0 bridgehead atoms. The maximum atomic E-state index is 12.9. The van der Waals surface area contributed by atoms with Gasteiger partial charge in [-0.1, -0.05) is 13.8 Å². The van der Waals surface area contributed by atoms with Crippen molar-refractivity contribution in [3.05, 3.63) is 45.7 Å². The van der Waals surface area contributed by atoms with E-state index in [0.29, 0.717) is 24.7 Å². The van der Waals surface area contributed by atoms with Gasteiger partial charge in [0.15, 0.2) is 16.9 Å². The number of aromatic nitrogens is 1. The lowest BCUT2D eigenvalue weighted by Gasteiger charge is -2.40. The number of fused-ring (bicyclic) bond motifs is 6.